The minimum absolute atomic E-state index is 0.106. The van der Waals surface area contributed by atoms with Gasteiger partial charge in [-0.1, -0.05) is 30.3 Å². The molecule has 0 aliphatic rings. The molecule has 2 heterocycles. The van der Waals surface area contributed by atoms with Crippen LogP contribution in [0.4, 0.5) is 5.69 Å². The molecular weight excluding hydrogens is 276 g/mol. The normalized spacial score (nSPS) is 10.5. The summed E-state index contributed by atoms with van der Waals surface area (Å²) in [6, 6.07) is 13.6. The summed E-state index contributed by atoms with van der Waals surface area (Å²) in [5.41, 5.74) is 3.91. The predicted molar refractivity (Wildman–Crippen MR) is 85.7 cm³/mol. The molecule has 0 radical (unpaired) electrons. The zero-order valence-corrected chi connectivity index (χ0v) is 12.4. The van der Waals surface area contributed by atoms with Crippen LogP contribution in [0.25, 0.3) is 11.3 Å². The summed E-state index contributed by atoms with van der Waals surface area (Å²) < 4.78 is 0. The van der Waals surface area contributed by atoms with Gasteiger partial charge >= 0.3 is 0 Å². The molecule has 0 spiro atoms. The Labute approximate surface area is 128 Å². The fraction of sp³-hybridized carbons (Fsp3) is 0.118. The Morgan fingerprint density at radius 3 is 2.55 bits per heavy atom. The second-order valence-electron chi connectivity index (χ2n) is 5.02. The quantitative estimate of drug-likeness (QED) is 0.807. The maximum Gasteiger partial charge on any atom is 0.259 e. The van der Waals surface area contributed by atoms with Crippen molar-refractivity contribution in [3.8, 4) is 11.3 Å². The molecule has 0 saturated heterocycles. The second kappa shape index (κ2) is 5.81. The lowest BCUT2D eigenvalue weighted by Gasteiger charge is -2.16. The first kappa shape index (κ1) is 14.0. The monoisotopic (exact) mass is 292 g/mol. The Morgan fingerprint density at radius 1 is 1.14 bits per heavy atom. The van der Waals surface area contributed by atoms with E-state index in [0.717, 1.165) is 16.9 Å². The van der Waals surface area contributed by atoms with Crippen molar-refractivity contribution in [1.29, 1.82) is 0 Å². The Morgan fingerprint density at radius 2 is 1.91 bits per heavy atom. The van der Waals surface area contributed by atoms with E-state index in [1.54, 1.807) is 24.3 Å². The van der Waals surface area contributed by atoms with Crippen LogP contribution in [-0.4, -0.2) is 28.1 Å². The van der Waals surface area contributed by atoms with Crippen LogP contribution >= 0.6 is 0 Å². The lowest BCUT2D eigenvalue weighted by Crippen LogP contribution is -2.26. The summed E-state index contributed by atoms with van der Waals surface area (Å²) in [5.74, 6) is -0.106. The fourth-order valence-corrected chi connectivity index (χ4v) is 2.28. The Bertz CT molecular complexity index is 782. The van der Waals surface area contributed by atoms with Crippen molar-refractivity contribution in [3.63, 3.8) is 0 Å². The van der Waals surface area contributed by atoms with Gasteiger partial charge in [0.05, 0.1) is 28.8 Å². The first-order chi connectivity index (χ1) is 10.7. The molecule has 5 nitrogen and oxygen atoms in total. The number of nitrogens with zero attached hydrogens (tertiary/aromatic N) is 3. The minimum atomic E-state index is -0.106. The Balaban J connectivity index is 1.91. The van der Waals surface area contributed by atoms with E-state index in [1.165, 1.54) is 0 Å². The first-order valence-electron chi connectivity index (χ1n) is 6.96. The van der Waals surface area contributed by atoms with E-state index in [0.29, 0.717) is 11.3 Å². The van der Waals surface area contributed by atoms with Gasteiger partial charge in [0.2, 0.25) is 0 Å². The molecular formula is C17H16N4O. The lowest BCUT2D eigenvalue weighted by atomic mass is 10.1. The molecule has 22 heavy (non-hydrogen) atoms. The maximum absolute atomic E-state index is 12.6. The van der Waals surface area contributed by atoms with Gasteiger partial charge in [-0.2, -0.15) is 5.10 Å². The zero-order valence-electron chi connectivity index (χ0n) is 12.4. The van der Waals surface area contributed by atoms with Crippen molar-refractivity contribution < 1.29 is 4.79 Å². The van der Waals surface area contributed by atoms with Crippen LogP contribution < -0.4 is 4.90 Å². The molecule has 3 rings (SSSR count). The van der Waals surface area contributed by atoms with Crippen molar-refractivity contribution >= 4 is 11.6 Å². The highest BCUT2D eigenvalue weighted by atomic mass is 16.2. The summed E-state index contributed by atoms with van der Waals surface area (Å²) >= 11 is 0. The number of carbonyl (C=O) groups excluding carboxylic acids is 1. The van der Waals surface area contributed by atoms with Gasteiger partial charge in [0.15, 0.2) is 0 Å². The number of nitrogens with one attached hydrogen (secondary N) is 1. The Kier molecular flexibility index (Phi) is 3.70. The third-order valence-corrected chi connectivity index (χ3v) is 3.56. The van der Waals surface area contributed by atoms with E-state index in [2.05, 4.69) is 15.2 Å². The molecule has 0 aliphatic carbocycles. The first-order valence-corrected chi connectivity index (χ1v) is 6.96. The summed E-state index contributed by atoms with van der Waals surface area (Å²) in [5, 5.41) is 6.56. The van der Waals surface area contributed by atoms with Gasteiger partial charge in [-0.05, 0) is 19.1 Å². The minimum Gasteiger partial charge on any atom is -0.308 e. The summed E-state index contributed by atoms with van der Waals surface area (Å²) in [7, 11) is 1.72. The van der Waals surface area contributed by atoms with E-state index in [1.807, 2.05) is 49.4 Å². The molecule has 0 fully saturated rings. The smallest absolute Gasteiger partial charge is 0.259 e. The van der Waals surface area contributed by atoms with Crippen LogP contribution in [0.1, 0.15) is 16.1 Å². The molecule has 0 bridgehead atoms. The highest BCUT2D eigenvalue weighted by Crippen LogP contribution is 2.20. The molecule has 1 amide bonds. The van der Waals surface area contributed by atoms with Crippen molar-refractivity contribution in [2.75, 3.05) is 11.9 Å². The van der Waals surface area contributed by atoms with E-state index >= 15 is 0 Å². The number of aryl methyl sites for hydroxylation is 1. The van der Waals surface area contributed by atoms with E-state index in [-0.39, 0.29) is 5.91 Å². The zero-order chi connectivity index (χ0) is 15.5. The van der Waals surface area contributed by atoms with Crippen molar-refractivity contribution in [2.45, 2.75) is 6.92 Å². The van der Waals surface area contributed by atoms with E-state index < -0.39 is 0 Å². The number of H-pyrrole nitrogens is 1. The molecule has 0 aliphatic heterocycles. The van der Waals surface area contributed by atoms with Crippen LogP contribution in [0.2, 0.25) is 0 Å². The number of aromatic amines is 1. The van der Waals surface area contributed by atoms with Gasteiger partial charge in [0, 0.05) is 18.8 Å². The van der Waals surface area contributed by atoms with Crippen LogP contribution in [-0.2, 0) is 0 Å². The van der Waals surface area contributed by atoms with Crippen molar-refractivity contribution in [2.24, 2.45) is 0 Å². The number of carbonyl (C=O) groups is 1. The molecule has 3 aromatic rings. The summed E-state index contributed by atoms with van der Waals surface area (Å²) in [6.45, 7) is 1.85. The number of anilines is 1. The average molecular weight is 292 g/mol. The SMILES string of the molecule is Cc1nc(-c2ccccc2)ccc1C(=O)N(C)c1cn[nH]c1. The van der Waals surface area contributed by atoms with Gasteiger partial charge in [-0.3, -0.25) is 14.9 Å². The number of hydrogen-bond donors (Lipinski definition) is 1. The van der Waals surface area contributed by atoms with Crippen LogP contribution in [0, 0.1) is 6.92 Å². The second-order valence-corrected chi connectivity index (χ2v) is 5.02. The third kappa shape index (κ3) is 2.61. The largest absolute Gasteiger partial charge is 0.308 e. The van der Waals surface area contributed by atoms with Crippen molar-refractivity contribution in [3.05, 3.63) is 66.1 Å². The van der Waals surface area contributed by atoms with Gasteiger partial charge in [-0.15, -0.1) is 0 Å². The fourth-order valence-electron chi connectivity index (χ4n) is 2.28. The van der Waals surface area contributed by atoms with Gasteiger partial charge < -0.3 is 4.90 Å². The molecule has 1 N–H and O–H groups in total. The molecule has 2 aromatic heterocycles. The van der Waals surface area contributed by atoms with Gasteiger partial charge in [-0.25, -0.2) is 0 Å². The van der Waals surface area contributed by atoms with Gasteiger partial charge in [0.25, 0.3) is 5.91 Å². The van der Waals surface area contributed by atoms with Crippen LogP contribution in [0.3, 0.4) is 0 Å². The predicted octanol–water partition coefficient (Wildman–Crippen LogP) is 3.06. The average Bonchev–Trinajstić information content (AvgIpc) is 3.09. The number of rotatable bonds is 3. The van der Waals surface area contributed by atoms with Crippen LogP contribution in [0.5, 0.6) is 0 Å². The number of benzene rings is 1. The van der Waals surface area contributed by atoms with Crippen LogP contribution in [0.15, 0.2) is 54.9 Å². The topological polar surface area (TPSA) is 61.9 Å². The molecule has 0 atom stereocenters. The Hall–Kier alpha value is -2.95. The highest BCUT2D eigenvalue weighted by molar-refractivity contribution is 6.06. The number of aromatic nitrogens is 3. The number of hydrogen-bond acceptors (Lipinski definition) is 3. The highest BCUT2D eigenvalue weighted by Gasteiger charge is 2.17. The van der Waals surface area contributed by atoms with E-state index in [9.17, 15) is 4.79 Å². The van der Waals surface area contributed by atoms with Gasteiger partial charge in [0.1, 0.15) is 0 Å². The number of pyridine rings is 1. The lowest BCUT2D eigenvalue weighted by molar-refractivity contribution is 0.0992. The maximum atomic E-state index is 12.6. The molecule has 5 heteroatoms. The number of amides is 1. The molecule has 0 saturated carbocycles. The summed E-state index contributed by atoms with van der Waals surface area (Å²) in [4.78, 5) is 18.7. The molecule has 1 aromatic carbocycles. The summed E-state index contributed by atoms with van der Waals surface area (Å²) in [6.07, 6.45) is 3.29. The standard InChI is InChI=1S/C17H16N4O/c1-12-15(17(22)21(2)14-10-18-19-11-14)8-9-16(20-12)13-6-4-3-5-7-13/h3-11H,1-2H3,(H,18,19). The molecule has 110 valence electrons. The van der Waals surface area contributed by atoms with E-state index in [4.69, 9.17) is 0 Å². The van der Waals surface area contributed by atoms with Crippen molar-refractivity contribution in [1.82, 2.24) is 15.2 Å². The third-order valence-electron chi connectivity index (χ3n) is 3.56. The molecule has 0 unspecified atom stereocenters.